The molecule has 0 fully saturated rings. The Hall–Kier alpha value is -0.590. The van der Waals surface area contributed by atoms with Crippen LogP contribution in [-0.2, 0) is 0 Å². The predicted molar refractivity (Wildman–Crippen MR) is 47.7 cm³/mol. The summed E-state index contributed by atoms with van der Waals surface area (Å²) in [5.74, 6) is 0. The molecule has 0 atom stereocenters. The van der Waals surface area contributed by atoms with Crippen molar-refractivity contribution in [3.8, 4) is 0 Å². The summed E-state index contributed by atoms with van der Waals surface area (Å²) in [5, 5.41) is 0. The van der Waals surface area contributed by atoms with Crippen molar-refractivity contribution in [2.45, 2.75) is 33.6 Å². The van der Waals surface area contributed by atoms with Crippen LogP contribution in [0.2, 0.25) is 0 Å². The van der Waals surface area contributed by atoms with E-state index in [0.29, 0.717) is 0 Å². The van der Waals surface area contributed by atoms with Gasteiger partial charge in [0, 0.05) is 12.3 Å². The van der Waals surface area contributed by atoms with Crippen molar-refractivity contribution in [2.75, 3.05) is 6.54 Å². The van der Waals surface area contributed by atoms with Gasteiger partial charge in [-0.2, -0.15) is 0 Å². The molecule has 0 unspecified atom stereocenters. The summed E-state index contributed by atoms with van der Waals surface area (Å²) in [6, 6.07) is 0. The lowest BCUT2D eigenvalue weighted by atomic mass is 10.3. The molecule has 0 heterocycles. The molecule has 0 radical (unpaired) electrons. The van der Waals surface area contributed by atoms with Gasteiger partial charge in [0.2, 0.25) is 0 Å². The summed E-state index contributed by atoms with van der Waals surface area (Å²) in [4.78, 5) is 4.23. The molecule has 0 amide bonds. The van der Waals surface area contributed by atoms with E-state index >= 15 is 0 Å². The van der Waals surface area contributed by atoms with Gasteiger partial charge in [0.1, 0.15) is 0 Å². The maximum atomic E-state index is 4.23. The molecule has 0 bridgehead atoms. The highest BCUT2D eigenvalue weighted by atomic mass is 14.7. The standard InChI is InChI=1S/C9H17N/c1-4-6-7-8-9(3)10-5-2/h7-8H,4-6H2,1-3H3/b8-7-,10-9?. The van der Waals surface area contributed by atoms with E-state index in [1.807, 2.05) is 6.92 Å². The summed E-state index contributed by atoms with van der Waals surface area (Å²) in [7, 11) is 0. The third-order valence-corrected chi connectivity index (χ3v) is 1.22. The molecule has 0 aromatic heterocycles. The van der Waals surface area contributed by atoms with Gasteiger partial charge in [-0.05, 0) is 26.3 Å². The lowest BCUT2D eigenvalue weighted by molar-refractivity contribution is 0.959. The van der Waals surface area contributed by atoms with Crippen molar-refractivity contribution < 1.29 is 0 Å². The molecular weight excluding hydrogens is 122 g/mol. The van der Waals surface area contributed by atoms with Gasteiger partial charge >= 0.3 is 0 Å². The van der Waals surface area contributed by atoms with Crippen molar-refractivity contribution >= 4 is 5.71 Å². The lowest BCUT2D eigenvalue weighted by Crippen LogP contribution is -1.84. The van der Waals surface area contributed by atoms with Crippen LogP contribution in [0.4, 0.5) is 0 Å². The molecule has 0 rings (SSSR count). The number of unbranched alkanes of at least 4 members (excludes halogenated alkanes) is 1. The first kappa shape index (κ1) is 9.41. The maximum absolute atomic E-state index is 4.23. The van der Waals surface area contributed by atoms with Gasteiger partial charge in [-0.25, -0.2) is 0 Å². The van der Waals surface area contributed by atoms with E-state index in [4.69, 9.17) is 0 Å². The zero-order chi connectivity index (χ0) is 7.82. The first-order chi connectivity index (χ1) is 4.81. The molecule has 1 nitrogen and oxygen atoms in total. The topological polar surface area (TPSA) is 12.4 Å². The minimum atomic E-state index is 0.891. The van der Waals surface area contributed by atoms with Crippen LogP contribution in [0.3, 0.4) is 0 Å². The van der Waals surface area contributed by atoms with Crippen LogP contribution in [-0.4, -0.2) is 12.3 Å². The normalized spacial score (nSPS) is 12.9. The van der Waals surface area contributed by atoms with E-state index in [0.717, 1.165) is 18.7 Å². The number of nitrogens with zero attached hydrogens (tertiary/aromatic N) is 1. The van der Waals surface area contributed by atoms with Crippen LogP contribution in [0.25, 0.3) is 0 Å². The lowest BCUT2D eigenvalue weighted by Gasteiger charge is -1.88. The number of rotatable bonds is 4. The second-order valence-corrected chi connectivity index (χ2v) is 2.31. The Labute approximate surface area is 63.9 Å². The van der Waals surface area contributed by atoms with Crippen molar-refractivity contribution in [1.29, 1.82) is 0 Å². The highest BCUT2D eigenvalue weighted by molar-refractivity contribution is 5.92. The van der Waals surface area contributed by atoms with E-state index in [1.54, 1.807) is 0 Å². The van der Waals surface area contributed by atoms with Gasteiger partial charge in [-0.15, -0.1) is 0 Å². The van der Waals surface area contributed by atoms with Crippen molar-refractivity contribution in [3.05, 3.63) is 12.2 Å². The average molecular weight is 139 g/mol. The molecule has 10 heavy (non-hydrogen) atoms. The zero-order valence-corrected chi connectivity index (χ0v) is 7.22. The summed E-state index contributed by atoms with van der Waals surface area (Å²) < 4.78 is 0. The Morgan fingerprint density at radius 1 is 1.40 bits per heavy atom. The zero-order valence-electron chi connectivity index (χ0n) is 7.22. The number of aliphatic imine (C=N–C) groups is 1. The van der Waals surface area contributed by atoms with E-state index in [-0.39, 0.29) is 0 Å². The number of allylic oxidation sites excluding steroid dienone is 2. The quantitative estimate of drug-likeness (QED) is 0.531. The Balaban J connectivity index is 3.55. The largest absolute Gasteiger partial charge is 0.290 e. The summed E-state index contributed by atoms with van der Waals surface area (Å²) >= 11 is 0. The Morgan fingerprint density at radius 3 is 2.60 bits per heavy atom. The van der Waals surface area contributed by atoms with Gasteiger partial charge < -0.3 is 0 Å². The van der Waals surface area contributed by atoms with Crippen LogP contribution >= 0.6 is 0 Å². The molecule has 58 valence electrons. The monoisotopic (exact) mass is 139 g/mol. The predicted octanol–water partition coefficient (Wildman–Crippen LogP) is 2.82. The third kappa shape index (κ3) is 5.54. The SMILES string of the molecule is CCC/C=C\C(C)=NCC. The summed E-state index contributed by atoms with van der Waals surface area (Å²) in [5.41, 5.74) is 1.14. The van der Waals surface area contributed by atoms with Gasteiger partial charge in [0.05, 0.1) is 0 Å². The van der Waals surface area contributed by atoms with Crippen LogP contribution in [0.15, 0.2) is 17.1 Å². The van der Waals surface area contributed by atoms with E-state index < -0.39 is 0 Å². The first-order valence-corrected chi connectivity index (χ1v) is 3.98. The van der Waals surface area contributed by atoms with Gasteiger partial charge in [0.15, 0.2) is 0 Å². The van der Waals surface area contributed by atoms with Crippen LogP contribution in [0.1, 0.15) is 33.6 Å². The van der Waals surface area contributed by atoms with Crippen molar-refractivity contribution in [1.82, 2.24) is 0 Å². The summed E-state index contributed by atoms with van der Waals surface area (Å²) in [6.45, 7) is 7.16. The first-order valence-electron chi connectivity index (χ1n) is 3.98. The minimum Gasteiger partial charge on any atom is -0.290 e. The molecule has 0 aliphatic rings. The molecule has 0 spiro atoms. The average Bonchev–Trinajstić information content (AvgIpc) is 1.89. The fraction of sp³-hybridized carbons (Fsp3) is 0.667. The summed E-state index contributed by atoms with van der Waals surface area (Å²) in [6.07, 6.45) is 6.65. The molecule has 0 aliphatic carbocycles. The fourth-order valence-corrected chi connectivity index (χ4v) is 0.723. The minimum absolute atomic E-state index is 0.891. The Morgan fingerprint density at radius 2 is 2.10 bits per heavy atom. The molecule has 0 aliphatic heterocycles. The molecular formula is C9H17N. The van der Waals surface area contributed by atoms with Crippen LogP contribution in [0, 0.1) is 0 Å². The maximum Gasteiger partial charge on any atom is 0.0364 e. The molecule has 0 saturated heterocycles. The second-order valence-electron chi connectivity index (χ2n) is 2.31. The number of hydrogen-bond acceptors (Lipinski definition) is 1. The van der Waals surface area contributed by atoms with Gasteiger partial charge in [-0.3, -0.25) is 4.99 Å². The highest BCUT2D eigenvalue weighted by Crippen LogP contribution is 1.89. The van der Waals surface area contributed by atoms with Crippen LogP contribution in [0.5, 0.6) is 0 Å². The smallest absolute Gasteiger partial charge is 0.0364 e. The van der Waals surface area contributed by atoms with E-state index in [9.17, 15) is 0 Å². The van der Waals surface area contributed by atoms with Gasteiger partial charge in [-0.1, -0.05) is 19.4 Å². The van der Waals surface area contributed by atoms with Crippen molar-refractivity contribution in [2.24, 2.45) is 4.99 Å². The molecule has 0 saturated carbocycles. The third-order valence-electron chi connectivity index (χ3n) is 1.22. The Bertz CT molecular complexity index is 123. The van der Waals surface area contributed by atoms with E-state index in [2.05, 4.69) is 31.0 Å². The molecule has 0 aromatic carbocycles. The fourth-order valence-electron chi connectivity index (χ4n) is 0.723. The Kier molecular flexibility index (Phi) is 6.14. The number of hydrogen-bond donors (Lipinski definition) is 0. The molecule has 1 heteroatoms. The van der Waals surface area contributed by atoms with Crippen LogP contribution < -0.4 is 0 Å². The highest BCUT2D eigenvalue weighted by Gasteiger charge is 1.79. The van der Waals surface area contributed by atoms with Crippen molar-refractivity contribution in [3.63, 3.8) is 0 Å². The molecule has 0 N–H and O–H groups in total. The second kappa shape index (κ2) is 6.53. The van der Waals surface area contributed by atoms with E-state index in [1.165, 1.54) is 6.42 Å². The molecule has 0 aromatic rings. The van der Waals surface area contributed by atoms with Gasteiger partial charge in [0.25, 0.3) is 0 Å².